The van der Waals surface area contributed by atoms with Crippen LogP contribution in [0.5, 0.6) is 0 Å². The van der Waals surface area contributed by atoms with Crippen LogP contribution in [0.4, 0.5) is 0 Å². The van der Waals surface area contributed by atoms with Gasteiger partial charge in [-0.1, -0.05) is 291 Å². The number of rotatable bonds is 67. The summed E-state index contributed by atoms with van der Waals surface area (Å²) in [5, 5.41) is 10.5. The summed E-state index contributed by atoms with van der Waals surface area (Å²) >= 11 is 0. The molecule has 0 aromatic carbocycles. The van der Waals surface area contributed by atoms with Gasteiger partial charge in [-0.15, -0.1) is 0 Å². The summed E-state index contributed by atoms with van der Waals surface area (Å²) in [4.78, 5) is 72.2. The molecule has 19 heteroatoms. The van der Waals surface area contributed by atoms with Crippen LogP contribution in [0.25, 0.3) is 0 Å². The normalized spacial score (nSPS) is 14.2. The van der Waals surface area contributed by atoms with Crippen molar-refractivity contribution in [3.8, 4) is 0 Å². The van der Waals surface area contributed by atoms with Crippen molar-refractivity contribution in [2.24, 2.45) is 5.92 Å². The Bertz CT molecular complexity index is 1670. The molecule has 0 aromatic rings. The van der Waals surface area contributed by atoms with Gasteiger partial charge in [0.05, 0.1) is 26.4 Å². The van der Waals surface area contributed by atoms with E-state index < -0.39 is 97.5 Å². The Morgan fingerprint density at radius 2 is 0.535 bits per heavy atom. The van der Waals surface area contributed by atoms with Crippen LogP contribution in [0.2, 0.25) is 0 Å². The van der Waals surface area contributed by atoms with Gasteiger partial charge in [0.25, 0.3) is 0 Å². The summed E-state index contributed by atoms with van der Waals surface area (Å²) in [5.74, 6) is -1.41. The average Bonchev–Trinajstić information content (AvgIpc) is 3.53. The maximum atomic E-state index is 13.0. The number of phosphoric acid groups is 2. The van der Waals surface area contributed by atoms with Gasteiger partial charge in [0.1, 0.15) is 19.3 Å². The van der Waals surface area contributed by atoms with Crippen molar-refractivity contribution in [1.82, 2.24) is 0 Å². The molecule has 0 aromatic heterocycles. The Balaban J connectivity index is 5.17. The fraction of sp³-hybridized carbons (Fsp3) is 0.940. The third kappa shape index (κ3) is 60.9. The first kappa shape index (κ1) is 84.1. The van der Waals surface area contributed by atoms with Crippen molar-refractivity contribution in [3.63, 3.8) is 0 Å². The third-order valence-corrected chi connectivity index (χ3v) is 17.4. The predicted molar refractivity (Wildman–Crippen MR) is 345 cm³/mol. The molecule has 0 heterocycles. The van der Waals surface area contributed by atoms with Crippen molar-refractivity contribution in [2.75, 3.05) is 39.6 Å². The maximum Gasteiger partial charge on any atom is 0.472 e. The molecule has 17 nitrogen and oxygen atoms in total. The lowest BCUT2D eigenvalue weighted by atomic mass is 10.0. The van der Waals surface area contributed by atoms with Gasteiger partial charge in [-0.2, -0.15) is 0 Å². The highest BCUT2D eigenvalue weighted by Crippen LogP contribution is 2.45. The molecule has 510 valence electrons. The minimum Gasteiger partial charge on any atom is -0.462 e. The molecule has 0 radical (unpaired) electrons. The fourth-order valence-electron chi connectivity index (χ4n) is 10.1. The number of aliphatic hydroxyl groups excluding tert-OH is 1. The van der Waals surface area contributed by atoms with Crippen LogP contribution in [-0.2, 0) is 65.4 Å². The van der Waals surface area contributed by atoms with E-state index in [1.54, 1.807) is 0 Å². The molecule has 0 amide bonds. The lowest BCUT2D eigenvalue weighted by Crippen LogP contribution is -2.30. The molecule has 5 atom stereocenters. The molecule has 0 bridgehead atoms. The summed E-state index contributed by atoms with van der Waals surface area (Å²) in [6.07, 6.45) is 46.0. The summed E-state index contributed by atoms with van der Waals surface area (Å²) in [6.45, 7) is 7.14. The lowest BCUT2D eigenvalue weighted by Gasteiger charge is -2.21. The van der Waals surface area contributed by atoms with Gasteiger partial charge >= 0.3 is 39.5 Å². The van der Waals surface area contributed by atoms with Gasteiger partial charge in [0.2, 0.25) is 0 Å². The van der Waals surface area contributed by atoms with E-state index in [2.05, 4.69) is 34.6 Å². The van der Waals surface area contributed by atoms with E-state index in [0.29, 0.717) is 25.7 Å². The highest BCUT2D eigenvalue weighted by atomic mass is 31.2. The Kier molecular flexibility index (Phi) is 59.2. The van der Waals surface area contributed by atoms with Crippen LogP contribution in [0, 0.1) is 5.92 Å². The molecule has 2 unspecified atom stereocenters. The number of phosphoric ester groups is 2. The number of carbonyl (C=O) groups excluding carboxylic acids is 4. The summed E-state index contributed by atoms with van der Waals surface area (Å²) in [7, 11) is -9.89. The van der Waals surface area contributed by atoms with Crippen molar-refractivity contribution >= 4 is 39.5 Å². The third-order valence-electron chi connectivity index (χ3n) is 15.5. The van der Waals surface area contributed by atoms with Crippen molar-refractivity contribution in [3.05, 3.63) is 0 Å². The summed E-state index contributed by atoms with van der Waals surface area (Å²) in [6, 6.07) is 0. The second-order valence-electron chi connectivity index (χ2n) is 24.7. The number of hydrogen-bond donors (Lipinski definition) is 3. The number of ether oxygens (including phenoxy) is 4. The predicted octanol–water partition coefficient (Wildman–Crippen LogP) is 19.0. The van der Waals surface area contributed by atoms with E-state index >= 15 is 0 Å². The molecule has 0 aliphatic carbocycles. The number of esters is 4. The van der Waals surface area contributed by atoms with Gasteiger partial charge in [0.15, 0.2) is 12.2 Å². The Hall–Kier alpha value is -1.94. The largest absolute Gasteiger partial charge is 0.472 e. The Labute approximate surface area is 524 Å². The summed E-state index contributed by atoms with van der Waals surface area (Å²) in [5.41, 5.74) is 0. The Morgan fingerprint density at radius 3 is 0.791 bits per heavy atom. The SMILES string of the molecule is CCCCCCCCCCCCCCCCCCCCC(=O)O[C@H](COC(=O)CCCCCCCCCCC(C)C)COP(=O)(O)OC[C@@H](O)COP(=O)(O)OC[C@@H](COC(=O)CCCCCCCCC)OC(=O)CCCCCCCCCCCC. The second kappa shape index (κ2) is 60.6. The molecule has 0 saturated carbocycles. The van der Waals surface area contributed by atoms with E-state index in [0.717, 1.165) is 109 Å². The smallest absolute Gasteiger partial charge is 0.462 e. The van der Waals surface area contributed by atoms with E-state index in [4.69, 9.17) is 37.0 Å². The number of unbranched alkanes of at least 4 members (excludes halogenated alkanes) is 39. The van der Waals surface area contributed by atoms with Crippen LogP contribution in [0.15, 0.2) is 0 Å². The van der Waals surface area contributed by atoms with E-state index in [-0.39, 0.29) is 25.7 Å². The second-order valence-corrected chi connectivity index (χ2v) is 27.6. The molecule has 0 aliphatic rings. The van der Waals surface area contributed by atoms with Crippen molar-refractivity contribution < 1.29 is 80.2 Å². The van der Waals surface area contributed by atoms with E-state index in [1.165, 1.54) is 154 Å². The minimum atomic E-state index is -4.95. The zero-order chi connectivity index (χ0) is 63.5. The van der Waals surface area contributed by atoms with Gasteiger partial charge in [-0.05, 0) is 31.6 Å². The molecular weight excluding hydrogens is 1140 g/mol. The molecule has 3 N–H and O–H groups in total. The quantitative estimate of drug-likeness (QED) is 0.0222. The zero-order valence-electron chi connectivity index (χ0n) is 55.4. The van der Waals surface area contributed by atoms with Crippen molar-refractivity contribution in [2.45, 2.75) is 361 Å². The van der Waals surface area contributed by atoms with Gasteiger partial charge < -0.3 is 33.8 Å². The first-order chi connectivity index (χ1) is 41.5. The highest BCUT2D eigenvalue weighted by Gasteiger charge is 2.30. The highest BCUT2D eigenvalue weighted by molar-refractivity contribution is 7.47. The monoisotopic (exact) mass is 1270 g/mol. The van der Waals surface area contributed by atoms with Crippen LogP contribution >= 0.6 is 15.6 Å². The molecule has 0 rings (SSSR count). The number of hydrogen-bond acceptors (Lipinski definition) is 15. The molecular formula is C67H130O17P2. The van der Waals surface area contributed by atoms with E-state index in [1.807, 2.05) is 0 Å². The average molecular weight is 1270 g/mol. The number of carbonyl (C=O) groups is 4. The van der Waals surface area contributed by atoms with Crippen LogP contribution in [-0.4, -0.2) is 96.7 Å². The van der Waals surface area contributed by atoms with Crippen LogP contribution in [0.3, 0.4) is 0 Å². The molecule has 86 heavy (non-hydrogen) atoms. The molecule has 0 fully saturated rings. The fourth-order valence-corrected chi connectivity index (χ4v) is 11.7. The van der Waals surface area contributed by atoms with Gasteiger partial charge in [0, 0.05) is 25.7 Å². The molecule has 0 spiro atoms. The standard InChI is InChI=1S/C67H130O17P2/c1-6-9-12-15-18-20-22-23-24-25-26-27-28-29-31-38-43-48-53-67(72)84-63(57-78-65(70)51-46-41-36-33-32-35-39-44-49-60(4)5)59-82-86(75,76)80-55-61(68)54-79-85(73,74)81-58-62(56-77-64(69)50-45-40-34-17-14-11-8-3)83-66(71)52-47-42-37-30-21-19-16-13-10-7-2/h60-63,68H,6-59H2,1-5H3,(H,73,74)(H,75,76)/t61-,62+,63+/m0/s1. The lowest BCUT2D eigenvalue weighted by molar-refractivity contribution is -0.161. The Morgan fingerprint density at radius 1 is 0.314 bits per heavy atom. The van der Waals surface area contributed by atoms with Gasteiger partial charge in [-0.3, -0.25) is 37.3 Å². The number of aliphatic hydroxyl groups is 1. The molecule has 0 aliphatic heterocycles. The first-order valence-corrected chi connectivity index (χ1v) is 38.1. The minimum absolute atomic E-state index is 0.106. The molecule has 0 saturated heterocycles. The van der Waals surface area contributed by atoms with Crippen LogP contribution in [0.1, 0.15) is 343 Å². The topological polar surface area (TPSA) is 237 Å². The van der Waals surface area contributed by atoms with Gasteiger partial charge in [-0.25, -0.2) is 9.13 Å². The summed E-state index contributed by atoms with van der Waals surface area (Å²) < 4.78 is 68.0. The van der Waals surface area contributed by atoms with E-state index in [9.17, 15) is 43.2 Å². The first-order valence-electron chi connectivity index (χ1n) is 35.1. The van der Waals surface area contributed by atoms with Crippen molar-refractivity contribution in [1.29, 1.82) is 0 Å². The van der Waals surface area contributed by atoms with Crippen LogP contribution < -0.4 is 0 Å². The zero-order valence-corrected chi connectivity index (χ0v) is 57.2. The maximum absolute atomic E-state index is 13.0.